The third-order valence-corrected chi connectivity index (χ3v) is 5.59. The molecule has 4 rings (SSSR count). The van der Waals surface area contributed by atoms with Crippen molar-refractivity contribution in [2.75, 3.05) is 27.2 Å². The minimum absolute atomic E-state index is 0.0133. The minimum atomic E-state index is -0.0133. The van der Waals surface area contributed by atoms with E-state index >= 15 is 0 Å². The average molecular weight is 393 g/mol. The van der Waals surface area contributed by atoms with Crippen LogP contribution in [0.4, 0.5) is 0 Å². The van der Waals surface area contributed by atoms with Crippen molar-refractivity contribution in [3.05, 3.63) is 42.2 Å². The number of hydrogen-bond donors (Lipinski definition) is 1. The number of piperidine rings is 1. The van der Waals surface area contributed by atoms with Crippen LogP contribution in [-0.4, -0.2) is 58.9 Å². The zero-order chi connectivity index (χ0) is 20.4. The number of methoxy groups -OCH3 is 1. The molecule has 152 valence electrons. The first-order valence-corrected chi connectivity index (χ1v) is 9.99. The van der Waals surface area contributed by atoms with Crippen LogP contribution in [0.2, 0.25) is 0 Å². The molecule has 0 radical (unpaired) electrons. The first-order chi connectivity index (χ1) is 14.0. The van der Waals surface area contributed by atoms with Gasteiger partial charge < -0.3 is 15.0 Å². The minimum Gasteiger partial charge on any atom is -0.497 e. The monoisotopic (exact) mass is 393 g/mol. The normalized spacial score (nSPS) is 15.6. The van der Waals surface area contributed by atoms with Crippen molar-refractivity contribution < 1.29 is 9.53 Å². The average Bonchev–Trinajstić information content (AvgIpc) is 3.05. The lowest BCUT2D eigenvalue weighted by molar-refractivity contribution is -0.122. The molecule has 0 spiro atoms. The molecule has 0 atom stereocenters. The standard InChI is InChI=1S/C22H27N5O2/c1-15-21-19(16-4-6-18(29-3)7-5-16)8-11-23-22(21)27(25-15)14-20(28)24-17-9-12-26(2)13-10-17/h4-8,11,17H,9-10,12-14H2,1-3H3,(H,24,28). The number of nitrogens with one attached hydrogen (secondary N) is 1. The van der Waals surface area contributed by atoms with Gasteiger partial charge in [0.1, 0.15) is 12.3 Å². The predicted octanol–water partition coefficient (Wildman–Crippen LogP) is 2.63. The Morgan fingerprint density at radius 3 is 2.62 bits per heavy atom. The highest BCUT2D eigenvalue weighted by Crippen LogP contribution is 2.30. The van der Waals surface area contributed by atoms with Gasteiger partial charge in [0.15, 0.2) is 5.65 Å². The summed E-state index contributed by atoms with van der Waals surface area (Å²) in [6, 6.07) is 10.2. The van der Waals surface area contributed by atoms with E-state index in [0.29, 0.717) is 0 Å². The van der Waals surface area contributed by atoms with E-state index in [4.69, 9.17) is 4.74 Å². The van der Waals surface area contributed by atoms with E-state index in [0.717, 1.165) is 59.5 Å². The number of aromatic nitrogens is 3. The summed E-state index contributed by atoms with van der Waals surface area (Å²) in [6.07, 6.45) is 3.75. The summed E-state index contributed by atoms with van der Waals surface area (Å²) >= 11 is 0. The van der Waals surface area contributed by atoms with Crippen molar-refractivity contribution in [3.8, 4) is 16.9 Å². The molecule has 7 heteroatoms. The molecule has 1 amide bonds. The number of nitrogens with zero attached hydrogens (tertiary/aromatic N) is 4. The van der Waals surface area contributed by atoms with Gasteiger partial charge in [0.25, 0.3) is 0 Å². The van der Waals surface area contributed by atoms with E-state index < -0.39 is 0 Å². The number of carbonyl (C=O) groups excluding carboxylic acids is 1. The van der Waals surface area contributed by atoms with Crippen LogP contribution in [0, 0.1) is 6.92 Å². The van der Waals surface area contributed by atoms with Gasteiger partial charge in [-0.05, 0) is 69.2 Å². The predicted molar refractivity (Wildman–Crippen MR) is 113 cm³/mol. The maximum atomic E-state index is 12.6. The number of aryl methyl sites for hydroxylation is 1. The number of carbonyl (C=O) groups is 1. The van der Waals surface area contributed by atoms with Crippen LogP contribution in [0.5, 0.6) is 5.75 Å². The first-order valence-electron chi connectivity index (χ1n) is 9.99. The van der Waals surface area contributed by atoms with Crippen LogP contribution in [0.3, 0.4) is 0 Å². The molecule has 2 aromatic heterocycles. The second kappa shape index (κ2) is 8.21. The number of fused-ring (bicyclic) bond motifs is 1. The largest absolute Gasteiger partial charge is 0.497 e. The Bertz CT molecular complexity index is 1000. The summed E-state index contributed by atoms with van der Waals surface area (Å²) in [5.41, 5.74) is 3.72. The van der Waals surface area contributed by atoms with Gasteiger partial charge in [-0.1, -0.05) is 12.1 Å². The summed E-state index contributed by atoms with van der Waals surface area (Å²) in [7, 11) is 3.77. The van der Waals surface area contributed by atoms with Crippen molar-refractivity contribution in [2.24, 2.45) is 0 Å². The fourth-order valence-electron chi connectivity index (χ4n) is 3.97. The summed E-state index contributed by atoms with van der Waals surface area (Å²) in [4.78, 5) is 19.4. The lowest BCUT2D eigenvalue weighted by atomic mass is 10.0. The molecule has 1 aliphatic rings. The SMILES string of the molecule is COc1ccc(-c2ccnc3c2c(C)nn3CC(=O)NC2CCN(C)CC2)cc1. The molecule has 1 aromatic carbocycles. The molecule has 3 heterocycles. The molecule has 1 N–H and O–H groups in total. The van der Waals surface area contributed by atoms with Gasteiger partial charge in [-0.2, -0.15) is 5.10 Å². The Labute approximate surface area is 170 Å². The van der Waals surface area contributed by atoms with Crippen LogP contribution >= 0.6 is 0 Å². The molecule has 1 saturated heterocycles. The molecule has 29 heavy (non-hydrogen) atoms. The lowest BCUT2D eigenvalue weighted by Crippen LogP contribution is -2.44. The van der Waals surface area contributed by atoms with E-state index in [1.165, 1.54) is 0 Å². The number of pyridine rings is 1. The molecule has 0 saturated carbocycles. The van der Waals surface area contributed by atoms with E-state index in [-0.39, 0.29) is 18.5 Å². The third-order valence-electron chi connectivity index (χ3n) is 5.59. The molecule has 3 aromatic rings. The van der Waals surface area contributed by atoms with Gasteiger partial charge in [0.05, 0.1) is 12.8 Å². The fraction of sp³-hybridized carbons (Fsp3) is 0.409. The summed E-state index contributed by atoms with van der Waals surface area (Å²) in [5.74, 6) is 0.803. The number of hydrogen-bond acceptors (Lipinski definition) is 5. The molecular weight excluding hydrogens is 366 g/mol. The zero-order valence-corrected chi connectivity index (χ0v) is 17.2. The Kier molecular flexibility index (Phi) is 5.49. The number of likely N-dealkylation sites (tertiary alicyclic amines) is 1. The van der Waals surface area contributed by atoms with Crippen molar-refractivity contribution in [1.82, 2.24) is 25.0 Å². The maximum absolute atomic E-state index is 12.6. The second-order valence-corrected chi connectivity index (χ2v) is 7.67. The highest BCUT2D eigenvalue weighted by Gasteiger charge is 2.20. The summed E-state index contributed by atoms with van der Waals surface area (Å²) in [6.45, 7) is 4.17. The van der Waals surface area contributed by atoms with Crippen molar-refractivity contribution >= 4 is 16.9 Å². The molecule has 7 nitrogen and oxygen atoms in total. The van der Waals surface area contributed by atoms with Crippen LogP contribution in [0.25, 0.3) is 22.2 Å². The van der Waals surface area contributed by atoms with Crippen LogP contribution in [0.1, 0.15) is 18.5 Å². The van der Waals surface area contributed by atoms with Crippen LogP contribution in [0.15, 0.2) is 36.5 Å². The highest BCUT2D eigenvalue weighted by molar-refractivity contribution is 5.95. The van der Waals surface area contributed by atoms with Crippen molar-refractivity contribution in [3.63, 3.8) is 0 Å². The van der Waals surface area contributed by atoms with E-state index in [9.17, 15) is 4.79 Å². The quantitative estimate of drug-likeness (QED) is 0.721. The summed E-state index contributed by atoms with van der Waals surface area (Å²) in [5, 5.41) is 8.74. The topological polar surface area (TPSA) is 72.3 Å². The van der Waals surface area contributed by atoms with Crippen LogP contribution in [-0.2, 0) is 11.3 Å². The van der Waals surface area contributed by atoms with Gasteiger partial charge in [-0.3, -0.25) is 4.79 Å². The smallest absolute Gasteiger partial charge is 0.242 e. The van der Waals surface area contributed by atoms with E-state index in [1.807, 2.05) is 37.3 Å². The van der Waals surface area contributed by atoms with Crippen LogP contribution < -0.4 is 10.1 Å². The lowest BCUT2D eigenvalue weighted by Gasteiger charge is -2.29. The van der Waals surface area contributed by atoms with Gasteiger partial charge in [0, 0.05) is 17.6 Å². The molecular formula is C22H27N5O2. The van der Waals surface area contributed by atoms with E-state index in [2.05, 4.69) is 27.3 Å². The maximum Gasteiger partial charge on any atom is 0.242 e. The van der Waals surface area contributed by atoms with Gasteiger partial charge >= 0.3 is 0 Å². The van der Waals surface area contributed by atoms with Gasteiger partial charge in [0.2, 0.25) is 5.91 Å². The number of benzene rings is 1. The van der Waals surface area contributed by atoms with Crippen molar-refractivity contribution in [1.29, 1.82) is 0 Å². The molecule has 0 aliphatic carbocycles. The fourth-order valence-corrected chi connectivity index (χ4v) is 3.97. The molecule has 1 aliphatic heterocycles. The second-order valence-electron chi connectivity index (χ2n) is 7.67. The van der Waals surface area contributed by atoms with Gasteiger partial charge in [-0.25, -0.2) is 9.67 Å². The number of rotatable bonds is 5. The van der Waals surface area contributed by atoms with E-state index in [1.54, 1.807) is 18.0 Å². The highest BCUT2D eigenvalue weighted by atomic mass is 16.5. The molecule has 0 unspecified atom stereocenters. The Hall–Kier alpha value is -2.93. The Morgan fingerprint density at radius 2 is 1.93 bits per heavy atom. The number of ether oxygens (including phenoxy) is 1. The Morgan fingerprint density at radius 1 is 1.21 bits per heavy atom. The van der Waals surface area contributed by atoms with Crippen molar-refractivity contribution in [2.45, 2.75) is 32.4 Å². The Balaban J connectivity index is 1.57. The molecule has 0 bridgehead atoms. The van der Waals surface area contributed by atoms with Gasteiger partial charge in [-0.15, -0.1) is 0 Å². The molecule has 1 fully saturated rings. The number of amides is 1. The first kappa shape index (κ1) is 19.4. The third kappa shape index (κ3) is 4.10. The summed E-state index contributed by atoms with van der Waals surface area (Å²) < 4.78 is 6.97. The zero-order valence-electron chi connectivity index (χ0n) is 17.2.